The van der Waals surface area contributed by atoms with E-state index in [2.05, 4.69) is 4.90 Å². The maximum atomic E-state index is 11.4. The molecule has 1 atom stereocenters. The second kappa shape index (κ2) is 6.57. The second-order valence-electron chi connectivity index (χ2n) is 4.88. The number of carboxylic acid groups (broad SMARTS) is 1. The normalized spacial score (nSPS) is 17.3. The molecule has 1 N–H and O–H groups in total. The Kier molecular flexibility index (Phi) is 4.80. The van der Waals surface area contributed by atoms with Gasteiger partial charge in [0.05, 0.1) is 6.61 Å². The van der Waals surface area contributed by atoms with Gasteiger partial charge >= 0.3 is 5.97 Å². The van der Waals surface area contributed by atoms with Gasteiger partial charge in [0.25, 0.3) is 0 Å². The minimum Gasteiger partial charge on any atom is -0.494 e. The number of hydrogen-bond acceptors (Lipinski definition) is 3. The molecule has 1 aromatic carbocycles. The molecule has 1 unspecified atom stereocenters. The van der Waals surface area contributed by atoms with Crippen LogP contribution in [0.5, 0.6) is 5.75 Å². The van der Waals surface area contributed by atoms with Crippen LogP contribution in [0.25, 0.3) is 0 Å². The second-order valence-corrected chi connectivity index (χ2v) is 4.88. The number of aliphatic carboxylic acids is 1. The van der Waals surface area contributed by atoms with Crippen molar-refractivity contribution in [2.24, 2.45) is 0 Å². The smallest absolute Gasteiger partial charge is 0.321 e. The Bertz CT molecular complexity index is 410. The van der Waals surface area contributed by atoms with Crippen LogP contribution in [0.2, 0.25) is 0 Å². The number of carbonyl (C=O) groups is 1. The lowest BCUT2D eigenvalue weighted by atomic mass is 10.0. The first-order valence-electron chi connectivity index (χ1n) is 6.89. The van der Waals surface area contributed by atoms with Crippen molar-refractivity contribution in [1.29, 1.82) is 0 Å². The van der Waals surface area contributed by atoms with Crippen molar-refractivity contribution < 1.29 is 14.6 Å². The first-order chi connectivity index (χ1) is 9.20. The first-order valence-corrected chi connectivity index (χ1v) is 6.89. The van der Waals surface area contributed by atoms with E-state index in [4.69, 9.17) is 4.74 Å². The molecule has 1 aromatic rings. The summed E-state index contributed by atoms with van der Waals surface area (Å²) in [6.45, 7) is 4.38. The third-order valence-electron chi connectivity index (χ3n) is 3.53. The third kappa shape index (κ3) is 3.70. The summed E-state index contributed by atoms with van der Waals surface area (Å²) in [5.41, 5.74) is 1.04. The number of nitrogens with zero attached hydrogens (tertiary/aromatic N) is 1. The third-order valence-corrected chi connectivity index (χ3v) is 3.53. The molecule has 0 saturated carbocycles. The van der Waals surface area contributed by atoms with E-state index in [1.165, 1.54) is 0 Å². The van der Waals surface area contributed by atoms with Crippen LogP contribution in [0.3, 0.4) is 0 Å². The SMILES string of the molecule is CCOc1ccc(CC(C(=O)O)N2CCCC2)cc1. The molecule has 1 heterocycles. The lowest BCUT2D eigenvalue weighted by Crippen LogP contribution is -2.40. The molecule has 104 valence electrons. The molecule has 4 nitrogen and oxygen atoms in total. The van der Waals surface area contributed by atoms with Crippen molar-refractivity contribution in [3.05, 3.63) is 29.8 Å². The minimum atomic E-state index is -0.726. The molecular weight excluding hydrogens is 242 g/mol. The van der Waals surface area contributed by atoms with Crippen molar-refractivity contribution in [3.8, 4) is 5.75 Å². The Morgan fingerprint density at radius 1 is 1.32 bits per heavy atom. The zero-order valence-electron chi connectivity index (χ0n) is 11.3. The molecule has 1 aliphatic heterocycles. The average molecular weight is 263 g/mol. The fourth-order valence-electron chi connectivity index (χ4n) is 2.54. The number of ether oxygens (including phenoxy) is 1. The predicted octanol–water partition coefficient (Wildman–Crippen LogP) is 2.18. The molecule has 2 rings (SSSR count). The Hall–Kier alpha value is -1.55. The first kappa shape index (κ1) is 13.9. The lowest BCUT2D eigenvalue weighted by Gasteiger charge is -2.23. The summed E-state index contributed by atoms with van der Waals surface area (Å²) >= 11 is 0. The zero-order valence-corrected chi connectivity index (χ0v) is 11.3. The van der Waals surface area contributed by atoms with Gasteiger partial charge in [-0.25, -0.2) is 0 Å². The fraction of sp³-hybridized carbons (Fsp3) is 0.533. The average Bonchev–Trinajstić information content (AvgIpc) is 2.91. The van der Waals surface area contributed by atoms with Crippen LogP contribution < -0.4 is 4.74 Å². The summed E-state index contributed by atoms with van der Waals surface area (Å²) in [5, 5.41) is 9.37. The van der Waals surface area contributed by atoms with Gasteiger partial charge in [0.15, 0.2) is 0 Å². The Balaban J connectivity index is 2.02. The summed E-state index contributed by atoms with van der Waals surface area (Å²) in [7, 11) is 0. The topological polar surface area (TPSA) is 49.8 Å². The molecule has 19 heavy (non-hydrogen) atoms. The summed E-state index contributed by atoms with van der Waals surface area (Å²) in [6.07, 6.45) is 2.77. The molecule has 4 heteroatoms. The number of rotatable bonds is 6. The number of likely N-dealkylation sites (tertiary alicyclic amines) is 1. The molecule has 1 fully saturated rings. The highest BCUT2D eigenvalue weighted by molar-refractivity contribution is 5.74. The Labute approximate surface area is 114 Å². The van der Waals surface area contributed by atoms with Gasteiger partial charge in [-0.3, -0.25) is 9.69 Å². The van der Waals surface area contributed by atoms with Crippen LogP contribution in [0.4, 0.5) is 0 Å². The highest BCUT2D eigenvalue weighted by Crippen LogP contribution is 2.18. The van der Waals surface area contributed by atoms with Gasteiger partial charge in [-0.1, -0.05) is 12.1 Å². The lowest BCUT2D eigenvalue weighted by molar-refractivity contribution is -0.142. The van der Waals surface area contributed by atoms with Crippen LogP contribution in [-0.4, -0.2) is 41.7 Å². The number of benzene rings is 1. The summed E-state index contributed by atoms with van der Waals surface area (Å²) < 4.78 is 5.39. The Morgan fingerprint density at radius 2 is 1.95 bits per heavy atom. The van der Waals surface area contributed by atoms with E-state index >= 15 is 0 Å². The monoisotopic (exact) mass is 263 g/mol. The summed E-state index contributed by atoms with van der Waals surface area (Å²) in [6, 6.07) is 7.32. The quantitative estimate of drug-likeness (QED) is 0.854. The minimum absolute atomic E-state index is 0.402. The predicted molar refractivity (Wildman–Crippen MR) is 73.5 cm³/mol. The van der Waals surface area contributed by atoms with E-state index in [-0.39, 0.29) is 0 Å². The number of carboxylic acids is 1. The van der Waals surface area contributed by atoms with E-state index < -0.39 is 12.0 Å². The van der Waals surface area contributed by atoms with Crippen molar-refractivity contribution in [2.45, 2.75) is 32.2 Å². The summed E-state index contributed by atoms with van der Waals surface area (Å²) in [4.78, 5) is 13.5. The zero-order chi connectivity index (χ0) is 13.7. The molecule has 1 saturated heterocycles. The Morgan fingerprint density at radius 3 is 2.47 bits per heavy atom. The van der Waals surface area contributed by atoms with E-state index in [0.717, 1.165) is 37.2 Å². The van der Waals surface area contributed by atoms with E-state index in [1.54, 1.807) is 0 Å². The van der Waals surface area contributed by atoms with Gasteiger partial charge in [0.1, 0.15) is 11.8 Å². The maximum Gasteiger partial charge on any atom is 0.321 e. The summed E-state index contributed by atoms with van der Waals surface area (Å²) in [5.74, 6) is 0.107. The van der Waals surface area contributed by atoms with Gasteiger partial charge in [-0.15, -0.1) is 0 Å². The fourth-order valence-corrected chi connectivity index (χ4v) is 2.54. The van der Waals surface area contributed by atoms with Crippen LogP contribution in [-0.2, 0) is 11.2 Å². The van der Waals surface area contributed by atoms with Crippen molar-refractivity contribution in [2.75, 3.05) is 19.7 Å². The maximum absolute atomic E-state index is 11.4. The largest absolute Gasteiger partial charge is 0.494 e. The van der Waals surface area contributed by atoms with E-state index in [0.29, 0.717) is 13.0 Å². The standard InChI is InChI=1S/C15H21NO3/c1-2-19-13-7-5-12(6-8-13)11-14(15(17)18)16-9-3-4-10-16/h5-8,14H,2-4,9-11H2,1H3,(H,17,18). The highest BCUT2D eigenvalue weighted by Gasteiger charge is 2.27. The van der Waals surface area contributed by atoms with Crippen LogP contribution >= 0.6 is 0 Å². The van der Waals surface area contributed by atoms with Crippen LogP contribution in [0.1, 0.15) is 25.3 Å². The van der Waals surface area contributed by atoms with E-state index in [9.17, 15) is 9.90 Å². The molecule has 0 aliphatic carbocycles. The molecule has 1 aliphatic rings. The molecule has 0 amide bonds. The van der Waals surface area contributed by atoms with Gasteiger partial charge < -0.3 is 9.84 Å². The van der Waals surface area contributed by atoms with Crippen LogP contribution in [0, 0.1) is 0 Å². The molecule has 0 bridgehead atoms. The molecule has 0 radical (unpaired) electrons. The van der Waals surface area contributed by atoms with E-state index in [1.807, 2.05) is 31.2 Å². The van der Waals surface area contributed by atoms with Gasteiger partial charge in [-0.2, -0.15) is 0 Å². The highest BCUT2D eigenvalue weighted by atomic mass is 16.5. The number of hydrogen-bond donors (Lipinski definition) is 1. The van der Waals surface area contributed by atoms with Crippen molar-refractivity contribution >= 4 is 5.97 Å². The molecular formula is C15H21NO3. The van der Waals surface area contributed by atoms with Crippen LogP contribution in [0.15, 0.2) is 24.3 Å². The van der Waals surface area contributed by atoms with Crippen molar-refractivity contribution in [3.63, 3.8) is 0 Å². The van der Waals surface area contributed by atoms with Gasteiger partial charge in [0.2, 0.25) is 0 Å². The molecule has 0 aromatic heterocycles. The van der Waals surface area contributed by atoms with Crippen molar-refractivity contribution in [1.82, 2.24) is 4.90 Å². The van der Waals surface area contributed by atoms with Gasteiger partial charge in [0, 0.05) is 0 Å². The van der Waals surface area contributed by atoms with Gasteiger partial charge in [-0.05, 0) is 57.0 Å². The molecule has 0 spiro atoms.